The highest BCUT2D eigenvalue weighted by atomic mass is 16.3. The van der Waals surface area contributed by atoms with Gasteiger partial charge in [0.15, 0.2) is 0 Å². The molecular weight excluding hydrogens is 266 g/mol. The standard InChI is InChI=1S/C16H19N3O2/c1-11-2-4-12(5-3-11)13-8-14(19-18-13)15(21)17-9-16(10-20)6-7-16/h2-5,8,20H,6-7,9-10H2,1H3,(H,17,21)(H,18,19). The van der Waals surface area contributed by atoms with E-state index in [1.54, 1.807) is 6.07 Å². The molecule has 0 atom stereocenters. The fourth-order valence-electron chi connectivity index (χ4n) is 2.24. The fraction of sp³-hybridized carbons (Fsp3) is 0.375. The molecule has 1 amide bonds. The Morgan fingerprint density at radius 3 is 2.71 bits per heavy atom. The minimum Gasteiger partial charge on any atom is -0.396 e. The molecule has 0 radical (unpaired) electrons. The van der Waals surface area contributed by atoms with E-state index in [0.29, 0.717) is 12.2 Å². The summed E-state index contributed by atoms with van der Waals surface area (Å²) < 4.78 is 0. The third-order valence-electron chi connectivity index (χ3n) is 4.09. The number of benzene rings is 1. The molecule has 1 aliphatic carbocycles. The SMILES string of the molecule is Cc1ccc(-c2cc(C(=O)NCC3(CO)CC3)[nH]n2)cc1. The monoisotopic (exact) mass is 285 g/mol. The highest BCUT2D eigenvalue weighted by molar-refractivity contribution is 5.93. The van der Waals surface area contributed by atoms with E-state index in [9.17, 15) is 9.90 Å². The van der Waals surface area contributed by atoms with Crippen molar-refractivity contribution >= 4 is 5.91 Å². The summed E-state index contributed by atoms with van der Waals surface area (Å²) in [7, 11) is 0. The van der Waals surface area contributed by atoms with Gasteiger partial charge < -0.3 is 10.4 Å². The van der Waals surface area contributed by atoms with Crippen LogP contribution in [0, 0.1) is 12.3 Å². The molecule has 1 aliphatic rings. The highest BCUT2D eigenvalue weighted by Crippen LogP contribution is 2.44. The van der Waals surface area contributed by atoms with Crippen LogP contribution in [0.3, 0.4) is 0 Å². The number of nitrogens with one attached hydrogen (secondary N) is 2. The molecule has 110 valence electrons. The zero-order valence-corrected chi connectivity index (χ0v) is 12.0. The largest absolute Gasteiger partial charge is 0.396 e. The quantitative estimate of drug-likeness (QED) is 0.785. The molecule has 5 heteroatoms. The number of nitrogens with zero attached hydrogens (tertiary/aromatic N) is 1. The van der Waals surface area contributed by atoms with Gasteiger partial charge in [0.05, 0.1) is 12.3 Å². The predicted molar refractivity (Wildman–Crippen MR) is 79.8 cm³/mol. The maximum absolute atomic E-state index is 12.1. The van der Waals surface area contributed by atoms with Gasteiger partial charge in [0, 0.05) is 17.5 Å². The van der Waals surface area contributed by atoms with Crippen molar-refractivity contribution in [2.45, 2.75) is 19.8 Å². The van der Waals surface area contributed by atoms with Gasteiger partial charge >= 0.3 is 0 Å². The molecular formula is C16H19N3O2. The lowest BCUT2D eigenvalue weighted by atomic mass is 10.1. The van der Waals surface area contributed by atoms with Gasteiger partial charge in [-0.2, -0.15) is 5.10 Å². The van der Waals surface area contributed by atoms with Gasteiger partial charge in [0.2, 0.25) is 0 Å². The van der Waals surface area contributed by atoms with Crippen molar-refractivity contribution in [2.24, 2.45) is 5.41 Å². The molecule has 0 bridgehead atoms. The number of hydrogen-bond donors (Lipinski definition) is 3. The van der Waals surface area contributed by atoms with E-state index < -0.39 is 0 Å². The number of H-pyrrole nitrogens is 1. The lowest BCUT2D eigenvalue weighted by molar-refractivity contribution is 0.0930. The maximum Gasteiger partial charge on any atom is 0.269 e. The van der Waals surface area contributed by atoms with Crippen LogP contribution in [0.15, 0.2) is 30.3 Å². The molecule has 0 unspecified atom stereocenters. The summed E-state index contributed by atoms with van der Waals surface area (Å²) in [6, 6.07) is 9.75. The Bertz CT molecular complexity index is 642. The van der Waals surface area contributed by atoms with Gasteiger partial charge in [-0.05, 0) is 25.8 Å². The van der Waals surface area contributed by atoms with Gasteiger partial charge in [-0.1, -0.05) is 29.8 Å². The summed E-state index contributed by atoms with van der Waals surface area (Å²) in [6.07, 6.45) is 1.95. The zero-order chi connectivity index (χ0) is 14.9. The molecule has 1 aromatic heterocycles. The molecule has 1 heterocycles. The molecule has 1 aromatic carbocycles. The van der Waals surface area contributed by atoms with E-state index in [1.807, 2.05) is 31.2 Å². The lowest BCUT2D eigenvalue weighted by Crippen LogP contribution is -2.32. The van der Waals surface area contributed by atoms with E-state index in [0.717, 1.165) is 24.1 Å². The Morgan fingerprint density at radius 1 is 1.38 bits per heavy atom. The van der Waals surface area contributed by atoms with Gasteiger partial charge in [-0.25, -0.2) is 0 Å². The van der Waals surface area contributed by atoms with Crippen LogP contribution in [0.1, 0.15) is 28.9 Å². The Balaban J connectivity index is 1.66. The first-order chi connectivity index (χ1) is 10.1. The Hall–Kier alpha value is -2.14. The van der Waals surface area contributed by atoms with Gasteiger partial charge in [-0.15, -0.1) is 0 Å². The van der Waals surface area contributed by atoms with Crippen LogP contribution in [0.25, 0.3) is 11.3 Å². The average Bonchev–Trinajstić information content (AvgIpc) is 3.12. The van der Waals surface area contributed by atoms with E-state index >= 15 is 0 Å². The molecule has 0 spiro atoms. The highest BCUT2D eigenvalue weighted by Gasteiger charge is 2.42. The van der Waals surface area contributed by atoms with Crippen LogP contribution in [0.5, 0.6) is 0 Å². The topological polar surface area (TPSA) is 78.0 Å². The smallest absolute Gasteiger partial charge is 0.269 e. The summed E-state index contributed by atoms with van der Waals surface area (Å²) in [5.74, 6) is -0.180. The molecule has 3 rings (SSSR count). The summed E-state index contributed by atoms with van der Waals surface area (Å²) in [6.45, 7) is 2.67. The fourth-order valence-corrected chi connectivity index (χ4v) is 2.24. The Kier molecular flexibility index (Phi) is 3.51. The number of aryl methyl sites for hydroxylation is 1. The van der Waals surface area contributed by atoms with Crippen LogP contribution >= 0.6 is 0 Å². The van der Waals surface area contributed by atoms with E-state index in [2.05, 4.69) is 15.5 Å². The molecule has 1 fully saturated rings. The Labute approximate surface area is 123 Å². The third-order valence-corrected chi connectivity index (χ3v) is 4.09. The number of amides is 1. The van der Waals surface area contributed by atoms with Crippen molar-refractivity contribution in [3.05, 3.63) is 41.6 Å². The van der Waals surface area contributed by atoms with Crippen LogP contribution in [-0.4, -0.2) is 34.4 Å². The van der Waals surface area contributed by atoms with E-state index in [-0.39, 0.29) is 17.9 Å². The first-order valence-corrected chi connectivity index (χ1v) is 7.13. The number of aromatic nitrogens is 2. The number of aliphatic hydroxyl groups is 1. The van der Waals surface area contributed by atoms with Crippen LogP contribution in [0.2, 0.25) is 0 Å². The van der Waals surface area contributed by atoms with Gasteiger partial charge in [0.1, 0.15) is 5.69 Å². The van der Waals surface area contributed by atoms with Crippen LogP contribution in [0.4, 0.5) is 0 Å². The molecule has 0 aliphatic heterocycles. The molecule has 1 saturated carbocycles. The van der Waals surface area contributed by atoms with Crippen molar-refractivity contribution < 1.29 is 9.90 Å². The van der Waals surface area contributed by atoms with E-state index in [1.165, 1.54) is 5.56 Å². The molecule has 0 saturated heterocycles. The first-order valence-electron chi connectivity index (χ1n) is 7.13. The van der Waals surface area contributed by atoms with Gasteiger partial charge in [-0.3, -0.25) is 9.89 Å². The van der Waals surface area contributed by atoms with Crippen molar-refractivity contribution in [3.63, 3.8) is 0 Å². The van der Waals surface area contributed by atoms with Gasteiger partial charge in [0.25, 0.3) is 5.91 Å². The number of rotatable bonds is 5. The molecule has 21 heavy (non-hydrogen) atoms. The first kappa shape index (κ1) is 13.8. The number of aliphatic hydroxyl groups excluding tert-OH is 1. The lowest BCUT2D eigenvalue weighted by Gasteiger charge is -2.11. The second kappa shape index (κ2) is 5.33. The minimum atomic E-state index is -0.180. The second-order valence-electron chi connectivity index (χ2n) is 5.87. The number of hydrogen-bond acceptors (Lipinski definition) is 3. The zero-order valence-electron chi connectivity index (χ0n) is 12.0. The summed E-state index contributed by atoms with van der Waals surface area (Å²) >= 11 is 0. The normalized spacial score (nSPS) is 15.7. The van der Waals surface area contributed by atoms with Crippen LogP contribution in [-0.2, 0) is 0 Å². The Morgan fingerprint density at radius 2 is 2.10 bits per heavy atom. The number of carbonyl (C=O) groups excluding carboxylic acids is 1. The van der Waals surface area contributed by atoms with Crippen molar-refractivity contribution in [2.75, 3.05) is 13.2 Å². The third kappa shape index (κ3) is 2.97. The summed E-state index contributed by atoms with van der Waals surface area (Å²) in [5, 5.41) is 19.1. The number of aromatic amines is 1. The molecule has 2 aromatic rings. The second-order valence-corrected chi connectivity index (χ2v) is 5.87. The summed E-state index contributed by atoms with van der Waals surface area (Å²) in [5.41, 5.74) is 3.27. The maximum atomic E-state index is 12.1. The van der Waals surface area contributed by atoms with Crippen LogP contribution < -0.4 is 5.32 Å². The average molecular weight is 285 g/mol. The van der Waals surface area contributed by atoms with E-state index in [4.69, 9.17) is 0 Å². The minimum absolute atomic E-state index is 0.0878. The summed E-state index contributed by atoms with van der Waals surface area (Å²) in [4.78, 5) is 12.1. The number of carbonyl (C=O) groups is 1. The van der Waals surface area contributed by atoms with Crippen molar-refractivity contribution in [3.8, 4) is 11.3 Å². The van der Waals surface area contributed by atoms with Crippen molar-refractivity contribution in [1.29, 1.82) is 0 Å². The molecule has 5 nitrogen and oxygen atoms in total. The van der Waals surface area contributed by atoms with Crippen molar-refractivity contribution in [1.82, 2.24) is 15.5 Å². The predicted octanol–water partition coefficient (Wildman–Crippen LogP) is 1.89. The molecule has 3 N–H and O–H groups in total.